The highest BCUT2D eigenvalue weighted by molar-refractivity contribution is 6.28. The molecule has 1 aromatic rings. The summed E-state index contributed by atoms with van der Waals surface area (Å²) in [6.07, 6.45) is 1.12. The summed E-state index contributed by atoms with van der Waals surface area (Å²) in [4.78, 5) is 8.13. The third-order valence-corrected chi connectivity index (χ3v) is 2.70. The fourth-order valence-electron chi connectivity index (χ4n) is 1.08. The van der Waals surface area contributed by atoms with Crippen LogP contribution >= 0.6 is 11.6 Å². The van der Waals surface area contributed by atoms with Gasteiger partial charge in [-0.3, -0.25) is 0 Å². The molecule has 3 nitrogen and oxygen atoms in total. The lowest BCUT2D eigenvalue weighted by Crippen LogP contribution is -2.22. The SMILES string of the molecule is CCC(C)(C)CNc1cc(C)nc(Cl)n1. The molecule has 0 saturated heterocycles. The van der Waals surface area contributed by atoms with Crippen molar-refractivity contribution in [1.29, 1.82) is 0 Å². The topological polar surface area (TPSA) is 37.8 Å². The predicted molar refractivity (Wildman–Crippen MR) is 64.3 cm³/mol. The maximum absolute atomic E-state index is 5.77. The number of nitrogens with one attached hydrogen (secondary N) is 1. The molecule has 1 rings (SSSR count). The van der Waals surface area contributed by atoms with E-state index in [9.17, 15) is 0 Å². The van der Waals surface area contributed by atoms with Gasteiger partial charge >= 0.3 is 0 Å². The zero-order valence-electron chi connectivity index (χ0n) is 9.76. The first-order chi connectivity index (χ1) is 6.93. The Balaban J connectivity index is 2.65. The first kappa shape index (κ1) is 12.2. The van der Waals surface area contributed by atoms with Gasteiger partial charge < -0.3 is 5.32 Å². The summed E-state index contributed by atoms with van der Waals surface area (Å²) >= 11 is 5.77. The van der Waals surface area contributed by atoms with E-state index in [4.69, 9.17) is 11.6 Å². The number of halogens is 1. The molecule has 0 radical (unpaired) electrons. The molecule has 1 heterocycles. The van der Waals surface area contributed by atoms with Crippen molar-refractivity contribution < 1.29 is 0 Å². The molecule has 1 N–H and O–H groups in total. The van der Waals surface area contributed by atoms with Gasteiger partial charge in [-0.05, 0) is 30.4 Å². The predicted octanol–water partition coefficient (Wildman–Crippen LogP) is 3.29. The van der Waals surface area contributed by atoms with E-state index in [1.54, 1.807) is 0 Å². The van der Waals surface area contributed by atoms with Crippen molar-refractivity contribution in [3.63, 3.8) is 0 Å². The van der Waals surface area contributed by atoms with Gasteiger partial charge in [0.2, 0.25) is 5.28 Å². The molecule has 84 valence electrons. The van der Waals surface area contributed by atoms with E-state index >= 15 is 0 Å². The molecule has 0 aromatic carbocycles. The number of aromatic nitrogens is 2. The smallest absolute Gasteiger partial charge is 0.224 e. The molecule has 0 aliphatic rings. The van der Waals surface area contributed by atoms with E-state index in [2.05, 4.69) is 36.1 Å². The molecule has 1 aromatic heterocycles. The first-order valence-electron chi connectivity index (χ1n) is 5.18. The van der Waals surface area contributed by atoms with Gasteiger partial charge in [0.15, 0.2) is 0 Å². The standard InChI is InChI=1S/C11H18ClN3/c1-5-11(3,4)7-13-9-6-8(2)14-10(12)15-9/h6H,5,7H2,1-4H3,(H,13,14,15). The van der Waals surface area contributed by atoms with Crippen LogP contribution in [0.3, 0.4) is 0 Å². The van der Waals surface area contributed by atoms with Crippen molar-refractivity contribution in [2.45, 2.75) is 34.1 Å². The van der Waals surface area contributed by atoms with Crippen molar-refractivity contribution in [2.75, 3.05) is 11.9 Å². The Kier molecular flexibility index (Phi) is 3.91. The zero-order chi connectivity index (χ0) is 11.5. The maximum atomic E-state index is 5.77. The maximum Gasteiger partial charge on any atom is 0.224 e. The van der Waals surface area contributed by atoms with E-state index < -0.39 is 0 Å². The third-order valence-electron chi connectivity index (χ3n) is 2.53. The second-order valence-corrected chi connectivity index (χ2v) is 4.87. The fourth-order valence-corrected chi connectivity index (χ4v) is 1.30. The van der Waals surface area contributed by atoms with Crippen LogP contribution in [0.25, 0.3) is 0 Å². The van der Waals surface area contributed by atoms with Crippen LogP contribution < -0.4 is 5.32 Å². The van der Waals surface area contributed by atoms with E-state index in [0.717, 1.165) is 24.5 Å². The molecular weight excluding hydrogens is 210 g/mol. The van der Waals surface area contributed by atoms with Crippen LogP contribution in [0.1, 0.15) is 32.9 Å². The van der Waals surface area contributed by atoms with Crippen LogP contribution in [0.5, 0.6) is 0 Å². The summed E-state index contributed by atoms with van der Waals surface area (Å²) in [5, 5.41) is 3.58. The average Bonchev–Trinajstić information content (AvgIpc) is 2.14. The molecule has 0 bridgehead atoms. The van der Waals surface area contributed by atoms with Crippen LogP contribution in [-0.4, -0.2) is 16.5 Å². The Labute approximate surface area is 96.3 Å². The van der Waals surface area contributed by atoms with Gasteiger partial charge in [0.25, 0.3) is 0 Å². The Morgan fingerprint density at radius 1 is 1.40 bits per heavy atom. The molecule has 4 heteroatoms. The van der Waals surface area contributed by atoms with E-state index in [1.807, 2.05) is 13.0 Å². The molecule has 15 heavy (non-hydrogen) atoms. The Morgan fingerprint density at radius 2 is 2.07 bits per heavy atom. The van der Waals surface area contributed by atoms with Gasteiger partial charge in [0.05, 0.1) is 0 Å². The molecule has 0 aliphatic heterocycles. The van der Waals surface area contributed by atoms with Crippen LogP contribution in [0.15, 0.2) is 6.07 Å². The van der Waals surface area contributed by atoms with Gasteiger partial charge in [-0.2, -0.15) is 0 Å². The van der Waals surface area contributed by atoms with Gasteiger partial charge in [-0.25, -0.2) is 9.97 Å². The lowest BCUT2D eigenvalue weighted by atomic mass is 9.90. The normalized spacial score (nSPS) is 11.5. The number of hydrogen-bond acceptors (Lipinski definition) is 3. The lowest BCUT2D eigenvalue weighted by molar-refractivity contribution is 0.376. The summed E-state index contributed by atoms with van der Waals surface area (Å²) < 4.78 is 0. The van der Waals surface area contributed by atoms with Gasteiger partial charge in [0.1, 0.15) is 5.82 Å². The van der Waals surface area contributed by atoms with E-state index in [-0.39, 0.29) is 5.41 Å². The number of nitrogens with zero attached hydrogens (tertiary/aromatic N) is 2. The Bertz CT molecular complexity index is 316. The minimum absolute atomic E-state index is 0.269. The molecule has 0 aliphatic carbocycles. The lowest BCUT2D eigenvalue weighted by Gasteiger charge is -2.23. The van der Waals surface area contributed by atoms with Crippen LogP contribution in [0.2, 0.25) is 5.28 Å². The van der Waals surface area contributed by atoms with E-state index in [0.29, 0.717) is 5.28 Å². The molecule has 0 saturated carbocycles. The minimum atomic E-state index is 0.269. The third kappa shape index (κ3) is 4.04. The minimum Gasteiger partial charge on any atom is -0.369 e. The van der Waals surface area contributed by atoms with Gasteiger partial charge in [-0.1, -0.05) is 20.8 Å². The monoisotopic (exact) mass is 227 g/mol. The Hall–Kier alpha value is -0.830. The summed E-state index contributed by atoms with van der Waals surface area (Å²) in [7, 11) is 0. The van der Waals surface area contributed by atoms with Crippen molar-refractivity contribution in [3.8, 4) is 0 Å². The van der Waals surface area contributed by atoms with Crippen molar-refractivity contribution in [1.82, 2.24) is 9.97 Å². The second kappa shape index (κ2) is 4.79. The summed E-state index contributed by atoms with van der Waals surface area (Å²) in [6, 6.07) is 1.90. The zero-order valence-corrected chi connectivity index (χ0v) is 10.5. The molecule has 0 fully saturated rings. The van der Waals surface area contributed by atoms with Crippen LogP contribution in [0, 0.1) is 12.3 Å². The van der Waals surface area contributed by atoms with Crippen LogP contribution in [0.4, 0.5) is 5.82 Å². The molecule has 0 amide bonds. The average molecular weight is 228 g/mol. The summed E-state index contributed by atoms with van der Waals surface area (Å²) in [5.41, 5.74) is 1.15. The largest absolute Gasteiger partial charge is 0.369 e. The van der Waals surface area contributed by atoms with E-state index in [1.165, 1.54) is 0 Å². The summed E-state index contributed by atoms with van der Waals surface area (Å²) in [5.74, 6) is 0.800. The fraction of sp³-hybridized carbons (Fsp3) is 0.636. The number of hydrogen-bond donors (Lipinski definition) is 1. The second-order valence-electron chi connectivity index (χ2n) is 4.53. The Morgan fingerprint density at radius 3 is 2.60 bits per heavy atom. The highest BCUT2D eigenvalue weighted by Crippen LogP contribution is 2.20. The number of anilines is 1. The van der Waals surface area contributed by atoms with Crippen LogP contribution in [-0.2, 0) is 0 Å². The molecule has 0 unspecified atom stereocenters. The van der Waals surface area contributed by atoms with Crippen molar-refractivity contribution >= 4 is 17.4 Å². The number of aryl methyl sites for hydroxylation is 1. The van der Waals surface area contributed by atoms with Crippen molar-refractivity contribution in [3.05, 3.63) is 17.0 Å². The molecular formula is C11H18ClN3. The number of rotatable bonds is 4. The van der Waals surface area contributed by atoms with Gasteiger partial charge in [-0.15, -0.1) is 0 Å². The molecule has 0 atom stereocenters. The quantitative estimate of drug-likeness (QED) is 0.803. The highest BCUT2D eigenvalue weighted by Gasteiger charge is 2.14. The van der Waals surface area contributed by atoms with Crippen molar-refractivity contribution in [2.24, 2.45) is 5.41 Å². The first-order valence-corrected chi connectivity index (χ1v) is 5.56. The summed E-state index contributed by atoms with van der Waals surface area (Å²) in [6.45, 7) is 9.41. The highest BCUT2D eigenvalue weighted by atomic mass is 35.5. The van der Waals surface area contributed by atoms with Gasteiger partial charge in [0, 0.05) is 18.3 Å². The molecule has 0 spiro atoms.